The van der Waals surface area contributed by atoms with Gasteiger partial charge in [-0.15, -0.1) is 0 Å². The van der Waals surface area contributed by atoms with Gasteiger partial charge in [-0.2, -0.15) is 0 Å². The van der Waals surface area contributed by atoms with Gasteiger partial charge in [0.2, 0.25) is 10.0 Å². The van der Waals surface area contributed by atoms with Gasteiger partial charge in [0.25, 0.3) is 0 Å². The molecule has 1 aromatic heterocycles. The highest BCUT2D eigenvalue weighted by Gasteiger charge is 2.38. The molecule has 1 aliphatic heterocycles. The van der Waals surface area contributed by atoms with Gasteiger partial charge in [-0.3, -0.25) is 0 Å². The second kappa shape index (κ2) is 5.51. The van der Waals surface area contributed by atoms with Gasteiger partial charge in [0, 0.05) is 31.4 Å². The number of hydrogen-bond donors (Lipinski definition) is 2. The van der Waals surface area contributed by atoms with E-state index in [4.69, 9.17) is 5.14 Å². The number of nitrogens with two attached hydrogens (primary N) is 1. The van der Waals surface area contributed by atoms with Crippen LogP contribution in [0.25, 0.3) is 0 Å². The fourth-order valence-corrected chi connectivity index (χ4v) is 3.93. The first kappa shape index (κ1) is 14.1. The van der Waals surface area contributed by atoms with E-state index in [1.165, 1.54) is 12.4 Å². The maximum absolute atomic E-state index is 12.1. The first-order chi connectivity index (χ1) is 10.1. The van der Waals surface area contributed by atoms with Crippen LogP contribution in [-0.2, 0) is 16.6 Å². The molecule has 3 N–H and O–H groups in total. The summed E-state index contributed by atoms with van der Waals surface area (Å²) in [5, 5.41) is 7.75. The Labute approximate surface area is 123 Å². The van der Waals surface area contributed by atoms with Crippen molar-refractivity contribution in [3.63, 3.8) is 0 Å². The normalized spacial score (nSPS) is 19.8. The largest absolute Gasteiger partial charge is 0.312 e. The number of aromatic nitrogens is 2. The number of nitrogens with one attached hydrogen (secondary N) is 1. The molecule has 1 aliphatic rings. The SMILES string of the molecule is NS(=O)(=O)C(c1ncccn1)C1CNCc2ccccc21. The smallest absolute Gasteiger partial charge is 0.220 e. The first-order valence-corrected chi connectivity index (χ1v) is 8.25. The van der Waals surface area contributed by atoms with Crippen LogP contribution in [0.15, 0.2) is 42.7 Å². The van der Waals surface area contributed by atoms with Gasteiger partial charge in [-0.25, -0.2) is 23.5 Å². The number of rotatable bonds is 3. The predicted octanol–water partition coefficient (Wildman–Crippen LogP) is 0.693. The molecule has 0 fully saturated rings. The van der Waals surface area contributed by atoms with Gasteiger partial charge in [0.1, 0.15) is 11.1 Å². The zero-order chi connectivity index (χ0) is 14.9. The Hall–Kier alpha value is -1.83. The van der Waals surface area contributed by atoms with Gasteiger partial charge in [0.05, 0.1) is 0 Å². The van der Waals surface area contributed by atoms with Crippen molar-refractivity contribution in [2.75, 3.05) is 6.54 Å². The molecule has 2 aromatic rings. The number of hydrogen-bond acceptors (Lipinski definition) is 5. The molecular formula is C14H16N4O2S. The lowest BCUT2D eigenvalue weighted by Gasteiger charge is -2.30. The fourth-order valence-electron chi connectivity index (χ4n) is 2.81. The number of nitrogens with zero attached hydrogens (tertiary/aromatic N) is 2. The zero-order valence-corrected chi connectivity index (χ0v) is 12.1. The van der Waals surface area contributed by atoms with Crippen LogP contribution in [-0.4, -0.2) is 24.9 Å². The molecule has 7 heteroatoms. The monoisotopic (exact) mass is 304 g/mol. The molecule has 0 bridgehead atoms. The van der Waals surface area contributed by atoms with Crippen LogP contribution >= 0.6 is 0 Å². The standard InChI is InChI=1S/C14H16N4O2S/c15-21(19,20)13(14-17-6-3-7-18-14)12-9-16-8-10-4-1-2-5-11(10)12/h1-7,12-13,16H,8-9H2,(H2,15,19,20). The highest BCUT2D eigenvalue weighted by Crippen LogP contribution is 2.37. The number of benzene rings is 1. The topological polar surface area (TPSA) is 98.0 Å². The van der Waals surface area contributed by atoms with Gasteiger partial charge in [0.15, 0.2) is 0 Å². The molecule has 6 nitrogen and oxygen atoms in total. The highest BCUT2D eigenvalue weighted by molar-refractivity contribution is 7.89. The Morgan fingerprint density at radius 3 is 2.62 bits per heavy atom. The van der Waals surface area contributed by atoms with Crippen LogP contribution in [0.5, 0.6) is 0 Å². The molecule has 2 heterocycles. The maximum atomic E-state index is 12.1. The van der Waals surface area contributed by atoms with Crippen LogP contribution in [0.1, 0.15) is 28.1 Å². The van der Waals surface area contributed by atoms with Crippen LogP contribution in [0, 0.1) is 0 Å². The summed E-state index contributed by atoms with van der Waals surface area (Å²) in [6.07, 6.45) is 3.06. The molecule has 0 radical (unpaired) electrons. The molecule has 110 valence electrons. The maximum Gasteiger partial charge on any atom is 0.220 e. The molecule has 0 amide bonds. The third-order valence-corrected chi connectivity index (χ3v) is 4.94. The van der Waals surface area contributed by atoms with E-state index in [2.05, 4.69) is 15.3 Å². The average Bonchev–Trinajstić information content (AvgIpc) is 2.47. The summed E-state index contributed by atoms with van der Waals surface area (Å²) in [6, 6.07) is 9.43. The van der Waals surface area contributed by atoms with Gasteiger partial charge >= 0.3 is 0 Å². The number of sulfonamides is 1. The molecule has 0 saturated carbocycles. The Morgan fingerprint density at radius 2 is 1.90 bits per heavy atom. The minimum absolute atomic E-state index is 0.239. The van der Waals surface area contributed by atoms with E-state index in [1.807, 2.05) is 24.3 Å². The van der Waals surface area contributed by atoms with E-state index >= 15 is 0 Å². The summed E-state index contributed by atoms with van der Waals surface area (Å²) in [6.45, 7) is 1.25. The van der Waals surface area contributed by atoms with E-state index in [1.54, 1.807) is 6.07 Å². The molecule has 2 atom stereocenters. The van der Waals surface area contributed by atoms with Gasteiger partial charge < -0.3 is 5.32 Å². The van der Waals surface area contributed by atoms with E-state index in [0.717, 1.165) is 17.7 Å². The number of fused-ring (bicyclic) bond motifs is 1. The second-order valence-electron chi connectivity index (χ2n) is 5.05. The second-order valence-corrected chi connectivity index (χ2v) is 6.74. The van der Waals surface area contributed by atoms with Crippen molar-refractivity contribution in [3.05, 3.63) is 59.7 Å². The number of primary sulfonamides is 1. The minimum atomic E-state index is -3.83. The molecule has 0 saturated heterocycles. The Kier molecular flexibility index (Phi) is 3.71. The predicted molar refractivity (Wildman–Crippen MR) is 78.8 cm³/mol. The lowest BCUT2D eigenvalue weighted by atomic mass is 9.88. The van der Waals surface area contributed by atoms with Crippen molar-refractivity contribution in [1.29, 1.82) is 0 Å². The molecule has 1 aromatic carbocycles. The van der Waals surface area contributed by atoms with Crippen LogP contribution in [0.4, 0.5) is 0 Å². The van der Waals surface area contributed by atoms with Crippen molar-refractivity contribution < 1.29 is 8.42 Å². The van der Waals surface area contributed by atoms with E-state index in [-0.39, 0.29) is 11.7 Å². The minimum Gasteiger partial charge on any atom is -0.312 e. The highest BCUT2D eigenvalue weighted by atomic mass is 32.2. The van der Waals surface area contributed by atoms with Crippen LogP contribution in [0.3, 0.4) is 0 Å². The van der Waals surface area contributed by atoms with Crippen molar-refractivity contribution in [3.8, 4) is 0 Å². The molecule has 0 spiro atoms. The first-order valence-electron chi connectivity index (χ1n) is 6.64. The van der Waals surface area contributed by atoms with Crippen molar-refractivity contribution in [1.82, 2.24) is 15.3 Å². The van der Waals surface area contributed by atoms with Crippen molar-refractivity contribution in [2.45, 2.75) is 17.7 Å². The zero-order valence-electron chi connectivity index (χ0n) is 11.3. The summed E-state index contributed by atoms with van der Waals surface area (Å²) in [5.74, 6) is -0.0594. The third-order valence-electron chi connectivity index (χ3n) is 3.69. The Balaban J connectivity index is 2.11. The third kappa shape index (κ3) is 2.80. The fraction of sp³-hybridized carbons (Fsp3) is 0.286. The van der Waals surface area contributed by atoms with Gasteiger partial charge in [-0.1, -0.05) is 24.3 Å². The van der Waals surface area contributed by atoms with Crippen LogP contribution in [0.2, 0.25) is 0 Å². The molecular weight excluding hydrogens is 288 g/mol. The lowest BCUT2D eigenvalue weighted by Crippen LogP contribution is -2.37. The van der Waals surface area contributed by atoms with Crippen molar-refractivity contribution in [2.24, 2.45) is 5.14 Å². The molecule has 21 heavy (non-hydrogen) atoms. The molecule has 0 aliphatic carbocycles. The average molecular weight is 304 g/mol. The summed E-state index contributed by atoms with van der Waals surface area (Å²) >= 11 is 0. The summed E-state index contributed by atoms with van der Waals surface area (Å²) < 4.78 is 24.2. The Morgan fingerprint density at radius 1 is 1.19 bits per heavy atom. The van der Waals surface area contributed by atoms with Gasteiger partial charge in [-0.05, 0) is 17.2 Å². The van der Waals surface area contributed by atoms with E-state index < -0.39 is 15.3 Å². The quantitative estimate of drug-likeness (QED) is 0.869. The van der Waals surface area contributed by atoms with Crippen molar-refractivity contribution >= 4 is 10.0 Å². The summed E-state index contributed by atoms with van der Waals surface area (Å²) in [7, 11) is -3.83. The Bertz CT molecular complexity index is 734. The summed E-state index contributed by atoms with van der Waals surface area (Å²) in [5.41, 5.74) is 2.07. The molecule has 3 rings (SSSR count). The van der Waals surface area contributed by atoms with E-state index in [0.29, 0.717) is 6.54 Å². The molecule has 2 unspecified atom stereocenters. The van der Waals surface area contributed by atoms with Crippen LogP contribution < -0.4 is 10.5 Å². The summed E-state index contributed by atoms with van der Waals surface area (Å²) in [4.78, 5) is 8.19. The lowest BCUT2D eigenvalue weighted by molar-refractivity contribution is 0.495. The van der Waals surface area contributed by atoms with E-state index in [9.17, 15) is 8.42 Å².